The normalized spacial score (nSPS) is 10.5. The van der Waals surface area contributed by atoms with Crippen molar-refractivity contribution in [1.29, 1.82) is 0 Å². The van der Waals surface area contributed by atoms with Crippen molar-refractivity contribution in [3.8, 4) is 11.1 Å². The van der Waals surface area contributed by atoms with Gasteiger partial charge in [-0.2, -0.15) is 0 Å². The van der Waals surface area contributed by atoms with Crippen molar-refractivity contribution in [1.82, 2.24) is 0 Å². The first-order chi connectivity index (χ1) is 8.22. The summed E-state index contributed by atoms with van der Waals surface area (Å²) in [7, 11) is 0. The van der Waals surface area contributed by atoms with Gasteiger partial charge in [0.05, 0.1) is 0 Å². The van der Waals surface area contributed by atoms with E-state index in [1.54, 1.807) is 0 Å². The average Bonchev–Trinajstić information content (AvgIpc) is 2.31. The molecule has 0 amide bonds. The second kappa shape index (κ2) is 5.70. The Morgan fingerprint density at radius 2 is 1.82 bits per heavy atom. The largest absolute Gasteiger partial charge is 0.0843 e. The van der Waals surface area contributed by atoms with Crippen molar-refractivity contribution in [3.63, 3.8) is 0 Å². The Morgan fingerprint density at radius 1 is 1.06 bits per heavy atom. The summed E-state index contributed by atoms with van der Waals surface area (Å²) in [6.45, 7) is 2.20. The number of rotatable bonds is 3. The zero-order valence-corrected chi connectivity index (χ0v) is 12.1. The molecule has 0 N–H and O–H groups in total. The van der Waals surface area contributed by atoms with E-state index in [4.69, 9.17) is 11.6 Å². The van der Waals surface area contributed by atoms with E-state index in [9.17, 15) is 0 Å². The highest BCUT2D eigenvalue weighted by atomic mass is 79.9. The Kier molecular flexibility index (Phi) is 4.25. The smallest absolute Gasteiger partial charge is 0.0417 e. The Bertz CT molecular complexity index is 520. The fourth-order valence-electron chi connectivity index (χ4n) is 1.98. The van der Waals surface area contributed by atoms with E-state index in [0.717, 1.165) is 22.3 Å². The van der Waals surface area contributed by atoms with Gasteiger partial charge in [-0.1, -0.05) is 71.2 Å². The SMILES string of the molecule is CCCc1ccccc1-c1ccc(Cl)cc1Br. The third-order valence-electron chi connectivity index (χ3n) is 2.76. The summed E-state index contributed by atoms with van der Waals surface area (Å²) < 4.78 is 1.05. The molecule has 0 unspecified atom stereocenters. The summed E-state index contributed by atoms with van der Waals surface area (Å²) >= 11 is 9.56. The van der Waals surface area contributed by atoms with Crippen LogP contribution in [-0.2, 0) is 6.42 Å². The lowest BCUT2D eigenvalue weighted by Gasteiger charge is -2.10. The van der Waals surface area contributed by atoms with Crippen LogP contribution in [-0.4, -0.2) is 0 Å². The summed E-state index contributed by atoms with van der Waals surface area (Å²) in [5, 5.41) is 0.758. The molecule has 0 radical (unpaired) electrons. The molecule has 0 aliphatic carbocycles. The Balaban J connectivity index is 2.52. The molecule has 17 heavy (non-hydrogen) atoms. The lowest BCUT2D eigenvalue weighted by atomic mass is 9.97. The van der Waals surface area contributed by atoms with Gasteiger partial charge in [0, 0.05) is 9.50 Å². The molecule has 0 aliphatic rings. The molecular weight excluding hydrogens is 296 g/mol. The van der Waals surface area contributed by atoms with Gasteiger partial charge in [-0.15, -0.1) is 0 Å². The molecule has 2 heteroatoms. The highest BCUT2D eigenvalue weighted by molar-refractivity contribution is 9.10. The topological polar surface area (TPSA) is 0 Å². The molecule has 0 saturated carbocycles. The predicted octanol–water partition coefficient (Wildman–Crippen LogP) is 5.72. The summed E-state index contributed by atoms with van der Waals surface area (Å²) in [5.41, 5.74) is 3.88. The van der Waals surface area contributed by atoms with Crippen LogP contribution < -0.4 is 0 Å². The van der Waals surface area contributed by atoms with Crippen LogP contribution in [0.15, 0.2) is 46.9 Å². The van der Waals surface area contributed by atoms with Crippen LogP contribution in [0, 0.1) is 0 Å². The van der Waals surface area contributed by atoms with Crippen LogP contribution in [0.1, 0.15) is 18.9 Å². The lowest BCUT2D eigenvalue weighted by Crippen LogP contribution is -1.89. The van der Waals surface area contributed by atoms with Crippen LogP contribution in [0.4, 0.5) is 0 Å². The summed E-state index contributed by atoms with van der Waals surface area (Å²) in [5.74, 6) is 0. The molecule has 0 nitrogen and oxygen atoms in total. The molecule has 2 aromatic carbocycles. The molecule has 0 aliphatic heterocycles. The number of halogens is 2. The predicted molar refractivity (Wildman–Crippen MR) is 78.6 cm³/mol. The fraction of sp³-hybridized carbons (Fsp3) is 0.200. The third-order valence-corrected chi connectivity index (χ3v) is 3.65. The molecule has 0 atom stereocenters. The molecule has 0 saturated heterocycles. The second-order valence-corrected chi connectivity index (χ2v) is 5.32. The van der Waals surface area contributed by atoms with Crippen LogP contribution in [0.5, 0.6) is 0 Å². The zero-order chi connectivity index (χ0) is 12.3. The first-order valence-corrected chi connectivity index (χ1v) is 6.92. The molecule has 0 heterocycles. The Hall–Kier alpha value is -0.790. The maximum absolute atomic E-state index is 5.98. The van der Waals surface area contributed by atoms with Crippen molar-refractivity contribution < 1.29 is 0 Å². The first kappa shape index (κ1) is 12.7. The van der Waals surface area contributed by atoms with Gasteiger partial charge in [0.25, 0.3) is 0 Å². The highest BCUT2D eigenvalue weighted by Gasteiger charge is 2.07. The number of aryl methyl sites for hydroxylation is 1. The number of benzene rings is 2. The van der Waals surface area contributed by atoms with E-state index in [0.29, 0.717) is 0 Å². The van der Waals surface area contributed by atoms with Gasteiger partial charge >= 0.3 is 0 Å². The van der Waals surface area contributed by atoms with Crippen molar-refractivity contribution in [2.75, 3.05) is 0 Å². The Labute approximate surface area is 116 Å². The molecule has 2 rings (SSSR count). The zero-order valence-electron chi connectivity index (χ0n) is 9.71. The first-order valence-electron chi connectivity index (χ1n) is 5.75. The van der Waals surface area contributed by atoms with Crippen molar-refractivity contribution in [2.45, 2.75) is 19.8 Å². The molecule has 88 valence electrons. The molecule has 0 spiro atoms. The van der Waals surface area contributed by atoms with Gasteiger partial charge in [-0.05, 0) is 35.2 Å². The maximum atomic E-state index is 5.98. The van der Waals surface area contributed by atoms with Crippen LogP contribution in [0.2, 0.25) is 5.02 Å². The fourth-order valence-corrected chi connectivity index (χ4v) is 2.87. The van der Waals surface area contributed by atoms with Gasteiger partial charge in [0.1, 0.15) is 0 Å². The second-order valence-electron chi connectivity index (χ2n) is 4.03. The van der Waals surface area contributed by atoms with E-state index in [1.807, 2.05) is 12.1 Å². The third kappa shape index (κ3) is 2.91. The van der Waals surface area contributed by atoms with Crippen molar-refractivity contribution >= 4 is 27.5 Å². The van der Waals surface area contributed by atoms with E-state index in [1.165, 1.54) is 16.7 Å². The van der Waals surface area contributed by atoms with Gasteiger partial charge in [-0.25, -0.2) is 0 Å². The van der Waals surface area contributed by atoms with Gasteiger partial charge in [0.2, 0.25) is 0 Å². The molecule has 0 bridgehead atoms. The summed E-state index contributed by atoms with van der Waals surface area (Å²) in [6, 6.07) is 14.5. The van der Waals surface area contributed by atoms with Crippen LogP contribution in [0.3, 0.4) is 0 Å². The van der Waals surface area contributed by atoms with E-state index in [-0.39, 0.29) is 0 Å². The number of hydrogen-bond donors (Lipinski definition) is 0. The van der Waals surface area contributed by atoms with Crippen LogP contribution in [0.25, 0.3) is 11.1 Å². The standard InChI is InChI=1S/C15H14BrCl/c1-2-5-11-6-3-4-7-13(11)14-9-8-12(17)10-15(14)16/h3-4,6-10H,2,5H2,1H3. The highest BCUT2D eigenvalue weighted by Crippen LogP contribution is 2.33. The minimum Gasteiger partial charge on any atom is -0.0843 e. The molecule has 2 aromatic rings. The average molecular weight is 310 g/mol. The maximum Gasteiger partial charge on any atom is 0.0417 e. The van der Waals surface area contributed by atoms with Crippen molar-refractivity contribution in [2.24, 2.45) is 0 Å². The summed E-state index contributed by atoms with van der Waals surface area (Å²) in [4.78, 5) is 0. The minimum absolute atomic E-state index is 0.758. The van der Waals surface area contributed by atoms with E-state index in [2.05, 4.69) is 53.2 Å². The molecule has 0 fully saturated rings. The van der Waals surface area contributed by atoms with Gasteiger partial charge in [-0.3, -0.25) is 0 Å². The molecule has 0 aromatic heterocycles. The Morgan fingerprint density at radius 3 is 2.53 bits per heavy atom. The monoisotopic (exact) mass is 308 g/mol. The van der Waals surface area contributed by atoms with E-state index >= 15 is 0 Å². The summed E-state index contributed by atoms with van der Waals surface area (Å²) in [6.07, 6.45) is 2.26. The van der Waals surface area contributed by atoms with Crippen LogP contribution >= 0.6 is 27.5 Å². The quantitative estimate of drug-likeness (QED) is 0.680. The lowest BCUT2D eigenvalue weighted by molar-refractivity contribution is 0.923. The van der Waals surface area contributed by atoms with Gasteiger partial charge < -0.3 is 0 Å². The van der Waals surface area contributed by atoms with Gasteiger partial charge in [0.15, 0.2) is 0 Å². The number of hydrogen-bond acceptors (Lipinski definition) is 0. The molecular formula is C15H14BrCl. The van der Waals surface area contributed by atoms with Crippen molar-refractivity contribution in [3.05, 3.63) is 57.5 Å². The minimum atomic E-state index is 0.758. The van der Waals surface area contributed by atoms with E-state index < -0.39 is 0 Å².